The van der Waals surface area contributed by atoms with E-state index in [0.29, 0.717) is 5.76 Å². The minimum atomic E-state index is -0.279. The summed E-state index contributed by atoms with van der Waals surface area (Å²) in [6, 6.07) is 9.32. The van der Waals surface area contributed by atoms with Crippen LogP contribution in [-0.2, 0) is 4.79 Å². The lowest BCUT2D eigenvalue weighted by Gasteiger charge is -2.22. The summed E-state index contributed by atoms with van der Waals surface area (Å²) in [7, 11) is 0. The van der Waals surface area contributed by atoms with Gasteiger partial charge in [-0.1, -0.05) is 37.5 Å². The maximum Gasteiger partial charge on any atom is 0.315 e. The van der Waals surface area contributed by atoms with Gasteiger partial charge in [-0.15, -0.1) is 0 Å². The first-order valence-corrected chi connectivity index (χ1v) is 8.94. The summed E-state index contributed by atoms with van der Waals surface area (Å²) in [5.41, 5.74) is 0.795. The number of fused-ring (bicyclic) bond motifs is 1. The molecule has 3 amide bonds. The number of carbonyl (C=O) groups is 2. The van der Waals surface area contributed by atoms with Gasteiger partial charge in [0.25, 0.3) is 0 Å². The molecule has 1 unspecified atom stereocenters. The predicted molar refractivity (Wildman–Crippen MR) is 96.2 cm³/mol. The fourth-order valence-electron chi connectivity index (χ4n) is 3.22. The maximum absolute atomic E-state index is 12.0. The average molecular weight is 343 g/mol. The second-order valence-corrected chi connectivity index (χ2v) is 6.64. The lowest BCUT2D eigenvalue weighted by Crippen LogP contribution is -2.46. The standard InChI is InChI=1S/C19H25N3O3/c1-13(17-11-14-7-5-6-10-16(14)25-17)21-18(23)12-20-19(24)22-15-8-3-2-4-9-15/h5-7,10-11,13,15H,2-4,8-9,12H2,1H3,(H,21,23)(H2,20,22,24). The van der Waals surface area contributed by atoms with Crippen molar-refractivity contribution in [2.24, 2.45) is 0 Å². The van der Waals surface area contributed by atoms with Gasteiger partial charge in [-0.25, -0.2) is 4.79 Å². The monoisotopic (exact) mass is 343 g/mol. The van der Waals surface area contributed by atoms with Crippen molar-refractivity contribution in [2.45, 2.75) is 51.1 Å². The Bertz CT molecular complexity index is 701. The van der Waals surface area contributed by atoms with Crippen molar-refractivity contribution >= 4 is 22.9 Å². The molecule has 0 saturated heterocycles. The van der Waals surface area contributed by atoms with Crippen LogP contribution in [0, 0.1) is 0 Å². The van der Waals surface area contributed by atoms with E-state index in [0.717, 1.165) is 36.7 Å². The van der Waals surface area contributed by atoms with Gasteiger partial charge in [-0.2, -0.15) is 0 Å². The minimum Gasteiger partial charge on any atom is -0.459 e. The third kappa shape index (κ3) is 4.75. The number of para-hydroxylation sites is 1. The molecule has 6 nitrogen and oxygen atoms in total. The molecule has 25 heavy (non-hydrogen) atoms. The molecule has 0 aliphatic heterocycles. The van der Waals surface area contributed by atoms with E-state index < -0.39 is 0 Å². The third-order valence-electron chi connectivity index (χ3n) is 4.60. The molecular weight excluding hydrogens is 318 g/mol. The summed E-state index contributed by atoms with van der Waals surface area (Å²) < 4.78 is 5.74. The number of hydrogen-bond acceptors (Lipinski definition) is 3. The summed E-state index contributed by atoms with van der Waals surface area (Å²) in [6.45, 7) is 1.81. The Balaban J connectivity index is 1.44. The molecule has 1 saturated carbocycles. The molecule has 1 aromatic carbocycles. The molecule has 134 valence electrons. The van der Waals surface area contributed by atoms with Crippen molar-refractivity contribution in [3.8, 4) is 0 Å². The average Bonchev–Trinajstić information content (AvgIpc) is 3.05. The molecule has 0 radical (unpaired) electrons. The number of amides is 3. The van der Waals surface area contributed by atoms with Crippen LogP contribution in [0.5, 0.6) is 0 Å². The number of hydrogen-bond donors (Lipinski definition) is 3. The first-order chi connectivity index (χ1) is 12.1. The number of carbonyl (C=O) groups excluding carboxylic acids is 2. The highest BCUT2D eigenvalue weighted by atomic mass is 16.3. The Morgan fingerprint density at radius 2 is 1.96 bits per heavy atom. The Labute approximate surface area is 147 Å². The topological polar surface area (TPSA) is 83.4 Å². The Morgan fingerprint density at radius 3 is 2.72 bits per heavy atom. The number of nitrogens with one attached hydrogen (secondary N) is 3. The summed E-state index contributed by atoms with van der Waals surface area (Å²) in [4.78, 5) is 23.9. The van der Waals surface area contributed by atoms with E-state index in [1.165, 1.54) is 6.42 Å². The molecule has 6 heteroatoms. The molecule has 2 aromatic rings. The first kappa shape index (κ1) is 17.3. The Kier molecular flexibility index (Phi) is 5.58. The van der Waals surface area contributed by atoms with Gasteiger partial charge in [0.15, 0.2) is 0 Å². The van der Waals surface area contributed by atoms with E-state index in [1.54, 1.807) is 0 Å². The summed E-state index contributed by atoms with van der Waals surface area (Å²) >= 11 is 0. The van der Waals surface area contributed by atoms with Crippen LogP contribution in [0.1, 0.15) is 50.8 Å². The molecule has 1 aliphatic rings. The highest BCUT2D eigenvalue weighted by molar-refractivity contribution is 5.84. The minimum absolute atomic E-state index is 0.0525. The van der Waals surface area contributed by atoms with Crippen LogP contribution in [0.4, 0.5) is 4.79 Å². The van der Waals surface area contributed by atoms with Crippen LogP contribution >= 0.6 is 0 Å². The van der Waals surface area contributed by atoms with Crippen LogP contribution in [-0.4, -0.2) is 24.5 Å². The van der Waals surface area contributed by atoms with Crippen molar-refractivity contribution in [1.29, 1.82) is 0 Å². The Morgan fingerprint density at radius 1 is 1.20 bits per heavy atom. The molecule has 1 aliphatic carbocycles. The van der Waals surface area contributed by atoms with Crippen molar-refractivity contribution < 1.29 is 14.0 Å². The van der Waals surface area contributed by atoms with E-state index >= 15 is 0 Å². The SMILES string of the molecule is CC(NC(=O)CNC(=O)NC1CCCCC1)c1cc2ccccc2o1. The fourth-order valence-corrected chi connectivity index (χ4v) is 3.22. The molecule has 1 aromatic heterocycles. The van der Waals surface area contributed by atoms with E-state index in [-0.39, 0.29) is 30.6 Å². The zero-order chi connectivity index (χ0) is 17.6. The van der Waals surface area contributed by atoms with E-state index in [9.17, 15) is 9.59 Å². The van der Waals surface area contributed by atoms with Gasteiger partial charge < -0.3 is 20.4 Å². The largest absolute Gasteiger partial charge is 0.459 e. The highest BCUT2D eigenvalue weighted by Gasteiger charge is 2.17. The quantitative estimate of drug-likeness (QED) is 0.779. The van der Waals surface area contributed by atoms with Crippen molar-refractivity contribution in [2.75, 3.05) is 6.54 Å². The summed E-state index contributed by atoms with van der Waals surface area (Å²) in [5, 5.41) is 9.39. The summed E-state index contributed by atoms with van der Waals surface area (Å²) in [6.07, 6.45) is 5.58. The van der Waals surface area contributed by atoms with Gasteiger partial charge in [0.1, 0.15) is 11.3 Å². The van der Waals surface area contributed by atoms with Gasteiger partial charge in [-0.05, 0) is 31.9 Å². The smallest absolute Gasteiger partial charge is 0.315 e. The molecule has 0 bridgehead atoms. The van der Waals surface area contributed by atoms with Gasteiger partial charge in [0.05, 0.1) is 12.6 Å². The van der Waals surface area contributed by atoms with Gasteiger partial charge in [0, 0.05) is 11.4 Å². The number of rotatable bonds is 5. The van der Waals surface area contributed by atoms with Crippen LogP contribution in [0.25, 0.3) is 11.0 Å². The molecule has 1 heterocycles. The lowest BCUT2D eigenvalue weighted by molar-refractivity contribution is -0.120. The Hall–Kier alpha value is -2.50. The van der Waals surface area contributed by atoms with Crippen molar-refractivity contribution in [3.63, 3.8) is 0 Å². The second-order valence-electron chi connectivity index (χ2n) is 6.64. The third-order valence-corrected chi connectivity index (χ3v) is 4.60. The van der Waals surface area contributed by atoms with E-state index in [1.807, 2.05) is 37.3 Å². The number of urea groups is 1. The maximum atomic E-state index is 12.0. The molecule has 3 rings (SSSR count). The van der Waals surface area contributed by atoms with E-state index in [4.69, 9.17) is 4.42 Å². The van der Waals surface area contributed by atoms with Gasteiger partial charge >= 0.3 is 6.03 Å². The number of benzene rings is 1. The fraction of sp³-hybridized carbons (Fsp3) is 0.474. The molecular formula is C19H25N3O3. The lowest BCUT2D eigenvalue weighted by atomic mass is 9.96. The summed E-state index contributed by atoms with van der Waals surface area (Å²) in [5.74, 6) is 0.452. The first-order valence-electron chi connectivity index (χ1n) is 8.94. The van der Waals surface area contributed by atoms with Crippen molar-refractivity contribution in [1.82, 2.24) is 16.0 Å². The molecule has 1 atom stereocenters. The molecule has 0 spiro atoms. The van der Waals surface area contributed by atoms with Crippen LogP contribution in [0.3, 0.4) is 0 Å². The predicted octanol–water partition coefficient (Wildman–Crippen LogP) is 3.24. The van der Waals surface area contributed by atoms with Crippen LogP contribution in [0.15, 0.2) is 34.7 Å². The van der Waals surface area contributed by atoms with Gasteiger partial charge in [0.2, 0.25) is 5.91 Å². The molecule has 1 fully saturated rings. The van der Waals surface area contributed by atoms with Crippen molar-refractivity contribution in [3.05, 3.63) is 36.1 Å². The van der Waals surface area contributed by atoms with Crippen LogP contribution in [0.2, 0.25) is 0 Å². The molecule has 3 N–H and O–H groups in total. The second kappa shape index (κ2) is 8.05. The van der Waals surface area contributed by atoms with Gasteiger partial charge in [-0.3, -0.25) is 4.79 Å². The van der Waals surface area contributed by atoms with Crippen LogP contribution < -0.4 is 16.0 Å². The zero-order valence-electron chi connectivity index (χ0n) is 14.5. The normalized spacial score (nSPS) is 16.4. The number of furan rings is 1. The zero-order valence-corrected chi connectivity index (χ0v) is 14.5. The highest BCUT2D eigenvalue weighted by Crippen LogP contribution is 2.23. The van der Waals surface area contributed by atoms with E-state index in [2.05, 4.69) is 16.0 Å².